The number of rotatable bonds is 6. The van der Waals surface area contributed by atoms with Crippen LogP contribution in [0.1, 0.15) is 11.4 Å². The summed E-state index contributed by atoms with van der Waals surface area (Å²) in [5.41, 5.74) is 2.54. The summed E-state index contributed by atoms with van der Waals surface area (Å²) >= 11 is 0. The average molecular weight is 445 g/mol. The van der Waals surface area contributed by atoms with Crippen molar-refractivity contribution in [3.8, 4) is 11.4 Å². The highest BCUT2D eigenvalue weighted by molar-refractivity contribution is 7.89. The number of nitrogens with one attached hydrogen (secondary N) is 1. The number of aromatic nitrogens is 4. The number of halogens is 2. The molecule has 1 N–H and O–H groups in total. The highest BCUT2D eigenvalue weighted by Crippen LogP contribution is 2.26. The highest BCUT2D eigenvalue weighted by atomic mass is 32.2. The van der Waals surface area contributed by atoms with E-state index in [-0.39, 0.29) is 11.4 Å². The van der Waals surface area contributed by atoms with Crippen molar-refractivity contribution < 1.29 is 21.9 Å². The van der Waals surface area contributed by atoms with E-state index in [1.807, 2.05) is 25.1 Å². The van der Waals surface area contributed by atoms with Crippen molar-refractivity contribution in [2.24, 2.45) is 0 Å². The van der Waals surface area contributed by atoms with Crippen LogP contribution in [0.25, 0.3) is 16.6 Å². The number of nitrogens with zero attached hydrogens (tertiary/aromatic N) is 4. The van der Waals surface area contributed by atoms with Gasteiger partial charge in [0.15, 0.2) is 11.6 Å². The fraction of sp³-hybridized carbons (Fsp3) is 0.150. The second kappa shape index (κ2) is 8.00. The second-order valence-corrected chi connectivity index (χ2v) is 8.49. The molecule has 0 unspecified atom stereocenters. The molecule has 0 amide bonds. The number of methoxy groups -OCH3 is 1. The van der Waals surface area contributed by atoms with Gasteiger partial charge in [0.1, 0.15) is 5.75 Å². The molecule has 0 radical (unpaired) electrons. The zero-order chi connectivity index (χ0) is 22.2. The third-order valence-electron chi connectivity index (χ3n) is 4.55. The molecule has 0 fully saturated rings. The van der Waals surface area contributed by atoms with Gasteiger partial charge in [0, 0.05) is 11.1 Å². The molecule has 2 aromatic carbocycles. The van der Waals surface area contributed by atoms with Crippen LogP contribution in [0.5, 0.6) is 5.75 Å². The maximum Gasteiger partial charge on any atom is 0.241 e. The topological polar surface area (TPSA) is 99.0 Å². The van der Waals surface area contributed by atoms with Gasteiger partial charge < -0.3 is 4.74 Å². The molecule has 4 rings (SSSR count). The Balaban J connectivity index is 1.61. The smallest absolute Gasteiger partial charge is 0.241 e. The van der Waals surface area contributed by atoms with E-state index >= 15 is 0 Å². The van der Waals surface area contributed by atoms with Crippen LogP contribution in [0.15, 0.2) is 53.6 Å². The van der Waals surface area contributed by atoms with Crippen LogP contribution < -0.4 is 9.46 Å². The molecule has 0 bridgehead atoms. The molecule has 2 aromatic heterocycles. The Morgan fingerprint density at radius 2 is 1.90 bits per heavy atom. The molecule has 0 aliphatic rings. The van der Waals surface area contributed by atoms with Crippen LogP contribution in [0.3, 0.4) is 0 Å². The molecular formula is C20H17F2N5O3S. The molecule has 160 valence electrons. The fourth-order valence-electron chi connectivity index (χ4n) is 3.03. The number of ether oxygens (including phenoxy) is 1. The molecule has 0 atom stereocenters. The van der Waals surface area contributed by atoms with Crippen molar-refractivity contribution in [2.75, 3.05) is 7.11 Å². The Kier molecular flexibility index (Phi) is 5.38. The van der Waals surface area contributed by atoms with Gasteiger partial charge in [-0.3, -0.25) is 4.98 Å². The van der Waals surface area contributed by atoms with Gasteiger partial charge in [0.2, 0.25) is 10.0 Å². The molecule has 0 saturated heterocycles. The Bertz CT molecular complexity index is 1390. The largest absolute Gasteiger partial charge is 0.497 e. The molecule has 0 spiro atoms. The Morgan fingerprint density at radius 1 is 1.10 bits per heavy atom. The van der Waals surface area contributed by atoms with E-state index in [4.69, 9.17) is 4.74 Å². The molecule has 2 heterocycles. The number of pyridine rings is 1. The third-order valence-corrected chi connectivity index (χ3v) is 5.95. The predicted molar refractivity (Wildman–Crippen MR) is 108 cm³/mol. The first-order valence-electron chi connectivity index (χ1n) is 9.08. The van der Waals surface area contributed by atoms with Crippen molar-refractivity contribution in [2.45, 2.75) is 18.4 Å². The Hall–Kier alpha value is -3.44. The summed E-state index contributed by atoms with van der Waals surface area (Å²) in [7, 11) is -2.50. The summed E-state index contributed by atoms with van der Waals surface area (Å²) in [4.78, 5) is 4.11. The maximum atomic E-state index is 13.4. The first-order valence-corrected chi connectivity index (χ1v) is 10.6. The van der Waals surface area contributed by atoms with Crippen molar-refractivity contribution >= 4 is 20.9 Å². The minimum atomic E-state index is -4.06. The quantitative estimate of drug-likeness (QED) is 0.490. The molecule has 0 aliphatic carbocycles. The Morgan fingerprint density at radius 3 is 2.65 bits per heavy atom. The minimum absolute atomic E-state index is 0.188. The molecule has 11 heteroatoms. The van der Waals surface area contributed by atoms with Crippen LogP contribution in [-0.4, -0.2) is 35.5 Å². The molecule has 31 heavy (non-hydrogen) atoms. The van der Waals surface area contributed by atoms with Gasteiger partial charge in [-0.2, -0.15) is 0 Å². The molecule has 4 aromatic rings. The van der Waals surface area contributed by atoms with Crippen LogP contribution in [0.2, 0.25) is 0 Å². The zero-order valence-electron chi connectivity index (χ0n) is 16.5. The van der Waals surface area contributed by atoms with E-state index < -0.39 is 21.7 Å². The van der Waals surface area contributed by atoms with Gasteiger partial charge in [-0.25, -0.2) is 26.6 Å². The van der Waals surface area contributed by atoms with E-state index in [0.717, 1.165) is 28.7 Å². The summed E-state index contributed by atoms with van der Waals surface area (Å²) < 4.78 is 60.3. The van der Waals surface area contributed by atoms with Crippen LogP contribution in [-0.2, 0) is 16.6 Å². The number of aryl methyl sites for hydroxylation is 1. The van der Waals surface area contributed by atoms with E-state index in [0.29, 0.717) is 23.2 Å². The normalized spacial score (nSPS) is 11.7. The number of fused-ring (bicyclic) bond motifs is 1. The predicted octanol–water partition coefficient (Wildman–Crippen LogP) is 2.89. The second-order valence-electron chi connectivity index (χ2n) is 6.72. The number of sulfonamides is 1. The average Bonchev–Trinajstić information content (AvgIpc) is 3.22. The van der Waals surface area contributed by atoms with Gasteiger partial charge in [-0.05, 0) is 49.4 Å². The van der Waals surface area contributed by atoms with Crippen LogP contribution in [0, 0.1) is 18.6 Å². The van der Waals surface area contributed by atoms with E-state index in [2.05, 4.69) is 20.0 Å². The zero-order valence-corrected chi connectivity index (χ0v) is 17.3. The van der Waals surface area contributed by atoms with Crippen molar-refractivity contribution in [3.05, 3.63) is 71.7 Å². The molecule has 0 aliphatic heterocycles. The number of hydrogen-bond acceptors (Lipinski definition) is 6. The van der Waals surface area contributed by atoms with Gasteiger partial charge >= 0.3 is 0 Å². The van der Waals surface area contributed by atoms with E-state index in [1.54, 1.807) is 19.4 Å². The Labute approximate surface area is 176 Å². The first-order chi connectivity index (χ1) is 14.8. The summed E-state index contributed by atoms with van der Waals surface area (Å²) in [6.45, 7) is 1.66. The molecule has 0 saturated carbocycles. The summed E-state index contributed by atoms with van der Waals surface area (Å²) in [5.74, 6) is -1.72. The first kappa shape index (κ1) is 20.8. The van der Waals surface area contributed by atoms with Crippen molar-refractivity contribution in [1.29, 1.82) is 0 Å². The van der Waals surface area contributed by atoms with Gasteiger partial charge in [0.05, 0.1) is 41.6 Å². The van der Waals surface area contributed by atoms with Crippen molar-refractivity contribution in [3.63, 3.8) is 0 Å². The molecular weight excluding hydrogens is 428 g/mol. The lowest BCUT2D eigenvalue weighted by atomic mass is 10.1. The lowest BCUT2D eigenvalue weighted by molar-refractivity contribution is 0.415. The monoisotopic (exact) mass is 445 g/mol. The van der Waals surface area contributed by atoms with Gasteiger partial charge in [0.25, 0.3) is 0 Å². The van der Waals surface area contributed by atoms with Crippen LogP contribution in [0.4, 0.5) is 8.78 Å². The fourth-order valence-corrected chi connectivity index (χ4v) is 4.04. The van der Waals surface area contributed by atoms with Crippen LogP contribution >= 0.6 is 0 Å². The summed E-state index contributed by atoms with van der Waals surface area (Å²) in [5, 5.41) is 8.87. The minimum Gasteiger partial charge on any atom is -0.497 e. The third kappa shape index (κ3) is 4.23. The summed E-state index contributed by atoms with van der Waals surface area (Å²) in [6, 6.07) is 9.64. The van der Waals surface area contributed by atoms with E-state index in [9.17, 15) is 17.2 Å². The number of benzene rings is 2. The standard InChI is InChI=1S/C20H17F2N5O3S/c1-12-7-20(16-8-14(30-2)3-6-19(16)24-12)27-11-13(25-26-27)10-23-31(28,29)15-4-5-17(21)18(22)9-15/h3-9,11,23H,10H2,1-2H3. The molecule has 8 nitrogen and oxygen atoms in total. The van der Waals surface area contributed by atoms with Gasteiger partial charge in [-0.15, -0.1) is 5.10 Å². The summed E-state index contributed by atoms with van der Waals surface area (Å²) in [6.07, 6.45) is 1.57. The van der Waals surface area contributed by atoms with E-state index in [1.165, 1.54) is 4.68 Å². The lowest BCUT2D eigenvalue weighted by Crippen LogP contribution is -2.23. The highest BCUT2D eigenvalue weighted by Gasteiger charge is 2.17. The maximum absolute atomic E-state index is 13.4. The van der Waals surface area contributed by atoms with Crippen molar-refractivity contribution in [1.82, 2.24) is 24.7 Å². The SMILES string of the molecule is COc1ccc2nc(C)cc(-n3cc(CNS(=O)(=O)c4ccc(F)c(F)c4)nn3)c2c1. The number of hydrogen-bond donors (Lipinski definition) is 1. The lowest BCUT2D eigenvalue weighted by Gasteiger charge is -2.09. The van der Waals surface area contributed by atoms with Gasteiger partial charge in [-0.1, -0.05) is 5.21 Å².